The van der Waals surface area contributed by atoms with E-state index in [4.69, 9.17) is 4.74 Å². The van der Waals surface area contributed by atoms with E-state index in [2.05, 4.69) is 0 Å². The Morgan fingerprint density at radius 1 is 1.44 bits per heavy atom. The standard InChI is InChI=1S/C13H15NO2/c1-2-8-16-13-9-12(15)14(13)10-11-6-4-3-5-7-11/h2-8,13H,9-10H2,1H3/b8-2+. The topological polar surface area (TPSA) is 29.5 Å². The molecule has 0 N–H and O–H groups in total. The minimum atomic E-state index is -0.0936. The minimum Gasteiger partial charge on any atom is -0.478 e. The molecule has 2 rings (SSSR count). The Kier molecular flexibility index (Phi) is 3.25. The van der Waals surface area contributed by atoms with Crippen LogP contribution in [0.5, 0.6) is 0 Å². The summed E-state index contributed by atoms with van der Waals surface area (Å²) in [6.07, 6.45) is 3.85. The van der Waals surface area contributed by atoms with Crippen molar-refractivity contribution >= 4 is 5.91 Å². The van der Waals surface area contributed by atoms with Crippen molar-refractivity contribution in [1.82, 2.24) is 4.90 Å². The minimum absolute atomic E-state index is 0.0936. The summed E-state index contributed by atoms with van der Waals surface area (Å²) in [6.45, 7) is 2.52. The molecule has 3 nitrogen and oxygen atoms in total. The Hall–Kier alpha value is -1.77. The molecule has 0 saturated carbocycles. The highest BCUT2D eigenvalue weighted by molar-refractivity contribution is 5.82. The van der Waals surface area contributed by atoms with Gasteiger partial charge in [-0.3, -0.25) is 4.79 Å². The van der Waals surface area contributed by atoms with Crippen molar-refractivity contribution in [2.75, 3.05) is 0 Å². The van der Waals surface area contributed by atoms with Crippen LogP contribution >= 0.6 is 0 Å². The van der Waals surface area contributed by atoms with Crippen LogP contribution in [-0.2, 0) is 16.1 Å². The van der Waals surface area contributed by atoms with Crippen molar-refractivity contribution in [3.8, 4) is 0 Å². The number of hydrogen-bond acceptors (Lipinski definition) is 2. The van der Waals surface area contributed by atoms with E-state index in [1.807, 2.05) is 43.3 Å². The molecule has 1 atom stereocenters. The maximum atomic E-state index is 11.4. The van der Waals surface area contributed by atoms with Crippen molar-refractivity contribution in [1.29, 1.82) is 0 Å². The third-order valence-electron chi connectivity index (χ3n) is 2.58. The van der Waals surface area contributed by atoms with Crippen LogP contribution in [-0.4, -0.2) is 17.0 Å². The average molecular weight is 217 g/mol. The molecule has 0 radical (unpaired) electrons. The lowest BCUT2D eigenvalue weighted by molar-refractivity contribution is -0.167. The number of likely N-dealkylation sites (tertiary alicyclic amines) is 1. The number of amides is 1. The van der Waals surface area contributed by atoms with Gasteiger partial charge in [0.2, 0.25) is 5.91 Å². The molecule has 1 amide bonds. The lowest BCUT2D eigenvalue weighted by atomic mass is 10.1. The molecule has 16 heavy (non-hydrogen) atoms. The van der Waals surface area contributed by atoms with Gasteiger partial charge >= 0.3 is 0 Å². The first-order valence-corrected chi connectivity index (χ1v) is 5.41. The van der Waals surface area contributed by atoms with Crippen molar-refractivity contribution in [3.05, 3.63) is 48.2 Å². The smallest absolute Gasteiger partial charge is 0.231 e. The second-order valence-electron chi connectivity index (χ2n) is 3.77. The Labute approximate surface area is 95.3 Å². The van der Waals surface area contributed by atoms with Gasteiger partial charge in [-0.15, -0.1) is 0 Å². The van der Waals surface area contributed by atoms with Crippen LogP contribution < -0.4 is 0 Å². The average Bonchev–Trinajstić information content (AvgIpc) is 2.33. The number of carbonyl (C=O) groups excluding carboxylic acids is 1. The summed E-state index contributed by atoms with van der Waals surface area (Å²) >= 11 is 0. The van der Waals surface area contributed by atoms with Crippen molar-refractivity contribution in [3.63, 3.8) is 0 Å². The second-order valence-corrected chi connectivity index (χ2v) is 3.77. The number of allylic oxidation sites excluding steroid dienone is 1. The molecule has 84 valence electrons. The van der Waals surface area contributed by atoms with E-state index in [1.165, 1.54) is 0 Å². The van der Waals surface area contributed by atoms with Crippen LogP contribution in [0.25, 0.3) is 0 Å². The molecule has 1 heterocycles. The summed E-state index contributed by atoms with van der Waals surface area (Å²) in [7, 11) is 0. The summed E-state index contributed by atoms with van der Waals surface area (Å²) < 4.78 is 5.41. The van der Waals surface area contributed by atoms with E-state index in [9.17, 15) is 4.79 Å². The van der Waals surface area contributed by atoms with Crippen LogP contribution in [0.15, 0.2) is 42.7 Å². The zero-order valence-electron chi connectivity index (χ0n) is 9.30. The molecular formula is C13H15NO2. The summed E-state index contributed by atoms with van der Waals surface area (Å²) in [5, 5.41) is 0. The van der Waals surface area contributed by atoms with E-state index >= 15 is 0 Å². The van der Waals surface area contributed by atoms with E-state index in [1.54, 1.807) is 11.2 Å². The van der Waals surface area contributed by atoms with Crippen molar-refractivity contribution in [2.45, 2.75) is 26.1 Å². The molecule has 0 aliphatic carbocycles. The number of ether oxygens (including phenoxy) is 1. The molecular weight excluding hydrogens is 202 g/mol. The fourth-order valence-electron chi connectivity index (χ4n) is 1.69. The molecule has 1 aromatic rings. The Balaban J connectivity index is 1.95. The van der Waals surface area contributed by atoms with Gasteiger partial charge < -0.3 is 9.64 Å². The largest absolute Gasteiger partial charge is 0.478 e. The third kappa shape index (κ3) is 2.24. The predicted octanol–water partition coefficient (Wildman–Crippen LogP) is 2.30. The van der Waals surface area contributed by atoms with Gasteiger partial charge in [-0.25, -0.2) is 0 Å². The van der Waals surface area contributed by atoms with Gasteiger partial charge in [0.25, 0.3) is 0 Å². The van der Waals surface area contributed by atoms with Gasteiger partial charge in [0.15, 0.2) is 6.23 Å². The SMILES string of the molecule is C/C=C/OC1CC(=O)N1Cc1ccccc1. The molecule has 1 fully saturated rings. The van der Waals surface area contributed by atoms with E-state index in [0.717, 1.165) is 5.56 Å². The van der Waals surface area contributed by atoms with Gasteiger partial charge in [0, 0.05) is 6.54 Å². The monoisotopic (exact) mass is 217 g/mol. The highest BCUT2D eigenvalue weighted by Crippen LogP contribution is 2.23. The normalized spacial score (nSPS) is 19.9. The number of benzene rings is 1. The summed E-state index contributed by atoms with van der Waals surface area (Å²) in [5.74, 6) is 0.151. The van der Waals surface area contributed by atoms with Gasteiger partial charge in [0.1, 0.15) is 0 Å². The number of hydrogen-bond donors (Lipinski definition) is 0. The molecule has 1 aliphatic rings. The number of nitrogens with zero attached hydrogens (tertiary/aromatic N) is 1. The van der Waals surface area contributed by atoms with Crippen molar-refractivity contribution in [2.24, 2.45) is 0 Å². The Bertz CT molecular complexity index is 386. The fraction of sp³-hybridized carbons (Fsp3) is 0.308. The molecule has 1 aliphatic heterocycles. The maximum absolute atomic E-state index is 11.4. The highest BCUT2D eigenvalue weighted by Gasteiger charge is 2.36. The van der Waals surface area contributed by atoms with E-state index in [-0.39, 0.29) is 12.1 Å². The van der Waals surface area contributed by atoms with Gasteiger partial charge in [-0.2, -0.15) is 0 Å². The first-order chi connectivity index (χ1) is 7.81. The Morgan fingerprint density at radius 3 is 2.81 bits per heavy atom. The summed E-state index contributed by atoms with van der Waals surface area (Å²) in [6, 6.07) is 9.94. The zero-order chi connectivity index (χ0) is 11.4. The summed E-state index contributed by atoms with van der Waals surface area (Å²) in [5.41, 5.74) is 1.13. The lowest BCUT2D eigenvalue weighted by Crippen LogP contribution is -2.52. The fourth-order valence-corrected chi connectivity index (χ4v) is 1.69. The number of carbonyl (C=O) groups is 1. The molecule has 0 spiro atoms. The van der Waals surface area contributed by atoms with Crippen LogP contribution in [0, 0.1) is 0 Å². The van der Waals surface area contributed by atoms with Crippen molar-refractivity contribution < 1.29 is 9.53 Å². The van der Waals surface area contributed by atoms with E-state index < -0.39 is 0 Å². The Morgan fingerprint density at radius 2 is 2.19 bits per heavy atom. The van der Waals surface area contributed by atoms with Gasteiger partial charge in [-0.1, -0.05) is 36.4 Å². The van der Waals surface area contributed by atoms with Gasteiger partial charge in [0.05, 0.1) is 12.7 Å². The first-order valence-electron chi connectivity index (χ1n) is 5.41. The molecule has 1 aromatic carbocycles. The number of β-lactam (4-membered cyclic amide) rings is 1. The second kappa shape index (κ2) is 4.84. The van der Waals surface area contributed by atoms with Crippen LogP contribution in [0.4, 0.5) is 0 Å². The molecule has 0 aromatic heterocycles. The molecule has 1 unspecified atom stereocenters. The lowest BCUT2D eigenvalue weighted by Gasteiger charge is -2.39. The highest BCUT2D eigenvalue weighted by atomic mass is 16.5. The molecule has 3 heteroatoms. The van der Waals surface area contributed by atoms with Crippen LogP contribution in [0.1, 0.15) is 18.9 Å². The third-order valence-corrected chi connectivity index (χ3v) is 2.58. The van der Waals surface area contributed by atoms with Gasteiger partial charge in [-0.05, 0) is 12.5 Å². The van der Waals surface area contributed by atoms with E-state index in [0.29, 0.717) is 13.0 Å². The first kappa shape index (κ1) is 10.7. The number of rotatable bonds is 4. The predicted molar refractivity (Wildman–Crippen MR) is 61.3 cm³/mol. The van der Waals surface area contributed by atoms with Crippen LogP contribution in [0.3, 0.4) is 0 Å². The molecule has 0 bridgehead atoms. The zero-order valence-corrected chi connectivity index (χ0v) is 9.30. The maximum Gasteiger partial charge on any atom is 0.231 e. The van der Waals surface area contributed by atoms with Crippen LogP contribution in [0.2, 0.25) is 0 Å². The summed E-state index contributed by atoms with van der Waals surface area (Å²) in [4.78, 5) is 13.2. The molecule has 1 saturated heterocycles. The quantitative estimate of drug-likeness (QED) is 0.572.